The first-order valence-corrected chi connectivity index (χ1v) is 13.5. The number of ether oxygens (including phenoxy) is 1. The molecule has 0 amide bonds. The van der Waals surface area contributed by atoms with Gasteiger partial charge in [0.1, 0.15) is 6.10 Å². The number of carbonyl (C=O) groups is 2. The number of fused-ring (bicyclic) bond motifs is 5. The molecule has 4 aliphatic rings. The van der Waals surface area contributed by atoms with E-state index in [1.54, 1.807) is 0 Å². The van der Waals surface area contributed by atoms with Gasteiger partial charge < -0.3 is 37.3 Å². The molecule has 0 aromatic carbocycles. The van der Waals surface area contributed by atoms with Gasteiger partial charge in [-0.25, -0.2) is 4.79 Å². The van der Waals surface area contributed by atoms with Crippen LogP contribution in [0, 0.1) is 28.6 Å². The Hall–Kier alpha value is -1.78. The first-order chi connectivity index (χ1) is 17.1. The SMILES string of the molecule is CC(=O)O[C@H]1C[C@@]2(C)[C@H](/C1=C(\CC=C(C)C)C(=O)O)[C@@H](N)[C@@H](O)[C@H]1[C@@]3(C)CC[C@@H](O)[C@@H](N)[C@@H]3CC[C@@]12N. The third-order valence-electron chi connectivity index (χ3n) is 10.7. The third-order valence-corrected chi connectivity index (χ3v) is 10.7. The van der Waals surface area contributed by atoms with Crippen LogP contribution >= 0.6 is 0 Å². The Kier molecular flexibility index (Phi) is 7.21. The summed E-state index contributed by atoms with van der Waals surface area (Å²) in [5.41, 5.74) is 20.3. The lowest BCUT2D eigenvalue weighted by atomic mass is 9.39. The van der Waals surface area contributed by atoms with Gasteiger partial charge in [-0.1, -0.05) is 25.5 Å². The summed E-state index contributed by atoms with van der Waals surface area (Å²) in [7, 11) is 0. The number of esters is 1. The average molecular weight is 520 g/mol. The van der Waals surface area contributed by atoms with Crippen LogP contribution in [0.25, 0.3) is 0 Å². The molecular formula is C28H45N3O6. The standard InChI is InChI=1S/C28H45N3O6/c1-13(2)6-7-15(25(35)36)19-18(37-14(3)32)12-27(5)20(19)22(30)23(34)24-26(4)10-9-17(33)21(29)16(26)8-11-28(24,27)31/h6,16-18,20-24,33-34H,7-12,29-31H2,1-5H3,(H,35,36)/b19-15+/t16-,17+,18-,20+,21-,22+,23+,24-,26-,27-,28+/m0/s1. The molecule has 4 saturated carbocycles. The zero-order valence-electron chi connectivity index (χ0n) is 22.7. The van der Waals surface area contributed by atoms with Gasteiger partial charge in [-0.05, 0) is 74.7 Å². The lowest BCUT2D eigenvalue weighted by Crippen LogP contribution is -2.78. The van der Waals surface area contributed by atoms with Crippen LogP contribution in [0.15, 0.2) is 22.8 Å². The van der Waals surface area contributed by atoms with Gasteiger partial charge in [-0.2, -0.15) is 0 Å². The van der Waals surface area contributed by atoms with Crippen LogP contribution in [0.4, 0.5) is 0 Å². The van der Waals surface area contributed by atoms with Crippen molar-refractivity contribution in [2.75, 3.05) is 0 Å². The Balaban J connectivity index is 1.90. The Labute approximate surface area is 219 Å². The largest absolute Gasteiger partial charge is 0.478 e. The highest BCUT2D eigenvalue weighted by molar-refractivity contribution is 5.88. The fourth-order valence-electron chi connectivity index (χ4n) is 8.95. The van der Waals surface area contributed by atoms with Crippen LogP contribution < -0.4 is 17.2 Å². The van der Waals surface area contributed by atoms with E-state index in [1.807, 2.05) is 26.8 Å². The normalized spacial score (nSPS) is 48.3. The minimum atomic E-state index is -1.09. The number of aliphatic hydroxyl groups excluding tert-OH is 2. The van der Waals surface area contributed by atoms with Gasteiger partial charge in [-0.3, -0.25) is 4.79 Å². The second kappa shape index (κ2) is 9.45. The van der Waals surface area contributed by atoms with E-state index >= 15 is 0 Å². The third kappa shape index (κ3) is 4.09. The molecule has 0 radical (unpaired) electrons. The number of aliphatic carboxylic acids is 1. The molecule has 4 rings (SSSR count). The number of hydrogen-bond donors (Lipinski definition) is 6. The second-order valence-corrected chi connectivity index (χ2v) is 12.8. The molecule has 0 unspecified atom stereocenters. The lowest BCUT2D eigenvalue weighted by molar-refractivity contribution is -0.199. The van der Waals surface area contributed by atoms with Crippen LogP contribution in [0.5, 0.6) is 0 Å². The number of aliphatic hydroxyl groups is 2. The highest BCUT2D eigenvalue weighted by Crippen LogP contribution is 2.69. The van der Waals surface area contributed by atoms with Crippen LogP contribution in [0.1, 0.15) is 73.1 Å². The van der Waals surface area contributed by atoms with Crippen molar-refractivity contribution in [3.8, 4) is 0 Å². The summed E-state index contributed by atoms with van der Waals surface area (Å²) in [6.45, 7) is 9.25. The van der Waals surface area contributed by atoms with Crippen LogP contribution in [0.3, 0.4) is 0 Å². The minimum absolute atomic E-state index is 0.0205. The smallest absolute Gasteiger partial charge is 0.331 e. The van der Waals surface area contributed by atoms with Crippen molar-refractivity contribution >= 4 is 11.9 Å². The number of carbonyl (C=O) groups excluding carboxylic acids is 1. The summed E-state index contributed by atoms with van der Waals surface area (Å²) < 4.78 is 5.76. The van der Waals surface area contributed by atoms with Crippen molar-refractivity contribution in [3.05, 3.63) is 22.8 Å². The Morgan fingerprint density at radius 3 is 2.30 bits per heavy atom. The molecule has 37 heavy (non-hydrogen) atoms. The first kappa shape index (κ1) is 28.2. The monoisotopic (exact) mass is 519 g/mol. The molecule has 4 fully saturated rings. The Bertz CT molecular complexity index is 1020. The van der Waals surface area contributed by atoms with Crippen molar-refractivity contribution in [2.45, 2.75) is 109 Å². The maximum Gasteiger partial charge on any atom is 0.331 e. The van der Waals surface area contributed by atoms with E-state index in [4.69, 9.17) is 21.9 Å². The number of carboxylic acids is 1. The summed E-state index contributed by atoms with van der Waals surface area (Å²) in [5.74, 6) is -2.60. The molecule has 0 aromatic rings. The van der Waals surface area contributed by atoms with Gasteiger partial charge in [0, 0.05) is 42.0 Å². The summed E-state index contributed by atoms with van der Waals surface area (Å²) in [6, 6.07) is -1.21. The topological polar surface area (TPSA) is 182 Å². The van der Waals surface area contributed by atoms with Gasteiger partial charge in [-0.15, -0.1) is 0 Å². The Morgan fingerprint density at radius 1 is 1.08 bits per heavy atom. The van der Waals surface area contributed by atoms with Gasteiger partial charge >= 0.3 is 11.9 Å². The molecule has 0 heterocycles. The molecule has 4 aliphatic carbocycles. The summed E-state index contributed by atoms with van der Waals surface area (Å²) >= 11 is 0. The van der Waals surface area contributed by atoms with E-state index in [9.17, 15) is 24.9 Å². The maximum absolute atomic E-state index is 12.6. The van der Waals surface area contributed by atoms with Crippen molar-refractivity contribution in [3.63, 3.8) is 0 Å². The van der Waals surface area contributed by atoms with E-state index < -0.39 is 70.5 Å². The van der Waals surface area contributed by atoms with Crippen LogP contribution in [-0.2, 0) is 14.3 Å². The van der Waals surface area contributed by atoms with Gasteiger partial charge in [0.15, 0.2) is 0 Å². The molecule has 9 heteroatoms. The van der Waals surface area contributed by atoms with Crippen molar-refractivity contribution in [2.24, 2.45) is 45.8 Å². The van der Waals surface area contributed by atoms with E-state index in [0.717, 1.165) is 5.57 Å². The van der Waals surface area contributed by atoms with E-state index in [0.29, 0.717) is 37.7 Å². The predicted octanol–water partition coefficient (Wildman–Crippen LogP) is 1.60. The zero-order chi connectivity index (χ0) is 27.7. The van der Waals surface area contributed by atoms with E-state index in [1.165, 1.54) is 6.92 Å². The Morgan fingerprint density at radius 2 is 1.73 bits per heavy atom. The zero-order valence-corrected chi connectivity index (χ0v) is 22.7. The van der Waals surface area contributed by atoms with Gasteiger partial charge in [0.05, 0.1) is 12.2 Å². The fourth-order valence-corrected chi connectivity index (χ4v) is 8.95. The molecule has 9 N–H and O–H groups in total. The molecule has 0 aliphatic heterocycles. The summed E-state index contributed by atoms with van der Waals surface area (Å²) in [4.78, 5) is 24.7. The second-order valence-electron chi connectivity index (χ2n) is 12.8. The van der Waals surface area contributed by atoms with E-state index in [-0.39, 0.29) is 17.9 Å². The number of nitrogens with two attached hydrogens (primary N) is 3. The number of carboxylic acid groups (broad SMARTS) is 1. The quantitative estimate of drug-likeness (QED) is 0.182. The molecular weight excluding hydrogens is 474 g/mol. The fraction of sp³-hybridized carbons (Fsp3) is 0.786. The van der Waals surface area contributed by atoms with Crippen LogP contribution in [0.2, 0.25) is 0 Å². The highest BCUT2D eigenvalue weighted by atomic mass is 16.5. The average Bonchev–Trinajstić information content (AvgIpc) is 3.07. The number of rotatable bonds is 4. The van der Waals surface area contributed by atoms with Crippen LogP contribution in [-0.4, -0.2) is 63.2 Å². The maximum atomic E-state index is 12.6. The molecule has 208 valence electrons. The van der Waals surface area contributed by atoms with Crippen molar-refractivity contribution in [1.82, 2.24) is 0 Å². The first-order valence-electron chi connectivity index (χ1n) is 13.5. The van der Waals surface area contributed by atoms with Crippen molar-refractivity contribution in [1.29, 1.82) is 0 Å². The van der Waals surface area contributed by atoms with E-state index in [2.05, 4.69) is 6.92 Å². The molecule has 0 spiro atoms. The molecule has 0 aromatic heterocycles. The minimum Gasteiger partial charge on any atom is -0.478 e. The number of hydrogen-bond acceptors (Lipinski definition) is 8. The molecule has 11 atom stereocenters. The number of allylic oxidation sites excluding steroid dienone is 2. The predicted molar refractivity (Wildman–Crippen MR) is 139 cm³/mol. The van der Waals surface area contributed by atoms with Gasteiger partial charge in [0.25, 0.3) is 0 Å². The van der Waals surface area contributed by atoms with Gasteiger partial charge in [0.2, 0.25) is 0 Å². The summed E-state index contributed by atoms with van der Waals surface area (Å²) in [5, 5.41) is 32.7. The summed E-state index contributed by atoms with van der Waals surface area (Å²) in [6.07, 6.45) is 2.36. The molecule has 9 nitrogen and oxygen atoms in total. The highest BCUT2D eigenvalue weighted by Gasteiger charge is 2.73. The van der Waals surface area contributed by atoms with Crippen molar-refractivity contribution < 1.29 is 29.6 Å². The molecule has 0 bridgehead atoms. The lowest BCUT2D eigenvalue weighted by Gasteiger charge is -2.69. The molecule has 0 saturated heterocycles.